The summed E-state index contributed by atoms with van der Waals surface area (Å²) in [6.45, 7) is 1.81. The maximum absolute atomic E-state index is 13.5. The monoisotopic (exact) mass is 524 g/mol. The van der Waals surface area contributed by atoms with E-state index in [2.05, 4.69) is 37.9 Å². The zero-order valence-corrected chi connectivity index (χ0v) is 18.5. The second-order valence-electron chi connectivity index (χ2n) is 6.78. The minimum Gasteiger partial charge on any atom is -0.382 e. The molecule has 2 heterocycles. The van der Waals surface area contributed by atoms with Crippen molar-refractivity contribution in [3.63, 3.8) is 0 Å². The molecule has 154 valence electrons. The molecular weight excluding hydrogens is 507 g/mol. The summed E-state index contributed by atoms with van der Waals surface area (Å²) in [5, 5.41) is 13.1. The predicted octanol–water partition coefficient (Wildman–Crippen LogP) is 2.99. The molecule has 0 aliphatic rings. The Kier molecular flexibility index (Phi) is 5.43. The number of fused-ring (bicyclic) bond motifs is 1. The lowest BCUT2D eigenvalue weighted by Gasteiger charge is -2.20. The first-order valence-electron chi connectivity index (χ1n) is 9.26. The molecule has 4 rings (SSSR count). The number of halogens is 1. The van der Waals surface area contributed by atoms with Crippen molar-refractivity contribution in [3.8, 4) is 11.8 Å². The first-order chi connectivity index (χ1) is 14.9. The molecule has 2 aromatic carbocycles. The highest BCUT2D eigenvalue weighted by Gasteiger charge is 2.21. The van der Waals surface area contributed by atoms with Gasteiger partial charge in [-0.05, 0) is 59.8 Å². The Bertz CT molecular complexity index is 1390. The Morgan fingerprint density at radius 2 is 1.87 bits per heavy atom. The van der Waals surface area contributed by atoms with Crippen molar-refractivity contribution in [2.45, 2.75) is 13.0 Å². The number of nitrogens with one attached hydrogen (secondary N) is 1. The minimum absolute atomic E-state index is 0.0220. The number of aromatic nitrogens is 4. The molecule has 0 saturated carbocycles. The minimum atomic E-state index is -0.516. The first kappa shape index (κ1) is 20.5. The fourth-order valence-corrected chi connectivity index (χ4v) is 3.76. The van der Waals surface area contributed by atoms with Crippen LogP contribution >= 0.6 is 22.6 Å². The molecule has 0 aliphatic carbocycles. The third-order valence-electron chi connectivity index (χ3n) is 4.68. The van der Waals surface area contributed by atoms with Gasteiger partial charge >= 0.3 is 0 Å². The Morgan fingerprint density at radius 1 is 1.13 bits per heavy atom. The van der Waals surface area contributed by atoms with Gasteiger partial charge in [0.25, 0.3) is 5.56 Å². The van der Waals surface area contributed by atoms with Crippen LogP contribution in [0.5, 0.6) is 0 Å². The van der Waals surface area contributed by atoms with E-state index < -0.39 is 6.04 Å². The molecule has 9 nitrogen and oxygen atoms in total. The van der Waals surface area contributed by atoms with E-state index in [1.807, 2.05) is 61.5 Å². The summed E-state index contributed by atoms with van der Waals surface area (Å²) < 4.78 is 2.49. The van der Waals surface area contributed by atoms with Gasteiger partial charge in [-0.25, -0.2) is 4.98 Å². The summed E-state index contributed by atoms with van der Waals surface area (Å²) in [6.07, 6.45) is 0. The highest BCUT2D eigenvalue weighted by molar-refractivity contribution is 14.1. The van der Waals surface area contributed by atoms with E-state index in [9.17, 15) is 10.1 Å². The number of hydrogen-bond donors (Lipinski definition) is 3. The zero-order valence-electron chi connectivity index (χ0n) is 16.4. The summed E-state index contributed by atoms with van der Waals surface area (Å²) >= 11 is 2.17. The third kappa shape index (κ3) is 3.87. The Morgan fingerprint density at radius 3 is 2.58 bits per heavy atom. The number of para-hydroxylation sites is 1. The molecular formula is C21H17IN8O. The lowest BCUT2D eigenvalue weighted by molar-refractivity contribution is 0.730. The SMILES string of the molecule is CC(Nc1nc(N)nc(N)c1C#N)c1nc2ccc(I)cc2c(=O)n1-c1ccccc1. The number of nitrogens with zero attached hydrogens (tertiary/aromatic N) is 5. The summed E-state index contributed by atoms with van der Waals surface area (Å²) in [5.41, 5.74) is 12.6. The summed E-state index contributed by atoms with van der Waals surface area (Å²) in [5.74, 6) is 0.542. The maximum atomic E-state index is 13.5. The average Bonchev–Trinajstić information content (AvgIpc) is 2.74. The lowest BCUT2D eigenvalue weighted by Crippen LogP contribution is -2.27. The molecule has 0 radical (unpaired) electrons. The quantitative estimate of drug-likeness (QED) is 0.345. The molecule has 0 fully saturated rings. The van der Waals surface area contributed by atoms with Gasteiger partial charge in [-0.2, -0.15) is 15.2 Å². The summed E-state index contributed by atoms with van der Waals surface area (Å²) in [4.78, 5) is 26.2. The normalized spacial score (nSPS) is 11.8. The Hall–Kier alpha value is -3.72. The van der Waals surface area contributed by atoms with Crippen molar-refractivity contribution >= 4 is 51.1 Å². The van der Waals surface area contributed by atoms with Gasteiger partial charge in [0.05, 0.1) is 22.6 Å². The van der Waals surface area contributed by atoms with Crippen molar-refractivity contribution in [3.05, 3.63) is 73.8 Å². The van der Waals surface area contributed by atoms with Crippen LogP contribution in [0.2, 0.25) is 0 Å². The molecule has 0 bridgehead atoms. The Labute approximate surface area is 190 Å². The van der Waals surface area contributed by atoms with Crippen LogP contribution < -0.4 is 22.3 Å². The molecule has 2 aromatic heterocycles. The molecule has 0 aliphatic heterocycles. The van der Waals surface area contributed by atoms with E-state index in [1.165, 1.54) is 0 Å². The van der Waals surface area contributed by atoms with Crippen LogP contribution in [0.4, 0.5) is 17.6 Å². The number of anilines is 3. The van der Waals surface area contributed by atoms with E-state index in [4.69, 9.17) is 16.5 Å². The van der Waals surface area contributed by atoms with Crippen molar-refractivity contribution in [2.24, 2.45) is 0 Å². The van der Waals surface area contributed by atoms with Gasteiger partial charge < -0.3 is 16.8 Å². The molecule has 0 amide bonds. The maximum Gasteiger partial charge on any atom is 0.266 e. The first-order valence-corrected chi connectivity index (χ1v) is 10.3. The number of hydrogen-bond acceptors (Lipinski definition) is 8. The second kappa shape index (κ2) is 8.19. The molecule has 4 aromatic rings. The van der Waals surface area contributed by atoms with Crippen LogP contribution in [0.3, 0.4) is 0 Å². The standard InChI is InChI=1S/C21H17IN8O/c1-11(26-18-15(10-23)17(24)28-21(25)29-18)19-27-16-8-7-12(22)9-14(16)20(31)30(19)13-5-3-2-4-6-13/h2-9,11H,1H3,(H5,24,25,26,28,29). The molecule has 0 spiro atoms. The van der Waals surface area contributed by atoms with Crippen molar-refractivity contribution < 1.29 is 0 Å². The van der Waals surface area contributed by atoms with E-state index in [0.29, 0.717) is 22.4 Å². The predicted molar refractivity (Wildman–Crippen MR) is 128 cm³/mol. The molecule has 0 saturated heterocycles. The molecule has 31 heavy (non-hydrogen) atoms. The van der Waals surface area contributed by atoms with Crippen LogP contribution in [-0.2, 0) is 0 Å². The van der Waals surface area contributed by atoms with Crippen LogP contribution in [0.25, 0.3) is 16.6 Å². The molecule has 5 N–H and O–H groups in total. The number of benzene rings is 2. The van der Waals surface area contributed by atoms with E-state index in [0.717, 1.165) is 3.57 Å². The van der Waals surface area contributed by atoms with Crippen LogP contribution in [0.15, 0.2) is 53.3 Å². The van der Waals surface area contributed by atoms with Gasteiger partial charge in [0.2, 0.25) is 5.95 Å². The van der Waals surface area contributed by atoms with Gasteiger partial charge in [-0.15, -0.1) is 0 Å². The highest BCUT2D eigenvalue weighted by atomic mass is 127. The average molecular weight is 524 g/mol. The summed E-state index contributed by atoms with van der Waals surface area (Å²) in [7, 11) is 0. The Balaban J connectivity index is 1.92. The fraction of sp³-hybridized carbons (Fsp3) is 0.0952. The van der Waals surface area contributed by atoms with Crippen LogP contribution in [0, 0.1) is 14.9 Å². The molecule has 1 atom stereocenters. The molecule has 1 unspecified atom stereocenters. The van der Waals surface area contributed by atoms with E-state index in [1.54, 1.807) is 4.57 Å². The number of nitrogens with two attached hydrogens (primary N) is 2. The fourth-order valence-electron chi connectivity index (χ4n) is 3.27. The van der Waals surface area contributed by atoms with E-state index >= 15 is 0 Å². The lowest BCUT2D eigenvalue weighted by atomic mass is 10.2. The van der Waals surface area contributed by atoms with E-state index in [-0.39, 0.29) is 28.7 Å². The van der Waals surface area contributed by atoms with Crippen molar-refractivity contribution in [1.82, 2.24) is 19.5 Å². The van der Waals surface area contributed by atoms with Gasteiger partial charge in [-0.1, -0.05) is 18.2 Å². The van der Waals surface area contributed by atoms with Gasteiger partial charge in [0.15, 0.2) is 5.82 Å². The van der Waals surface area contributed by atoms with Crippen LogP contribution in [-0.4, -0.2) is 19.5 Å². The highest BCUT2D eigenvalue weighted by Crippen LogP contribution is 2.25. The number of rotatable bonds is 4. The summed E-state index contributed by atoms with van der Waals surface area (Å²) in [6, 6.07) is 16.2. The smallest absolute Gasteiger partial charge is 0.266 e. The van der Waals surface area contributed by atoms with Crippen LogP contribution in [0.1, 0.15) is 24.4 Å². The largest absolute Gasteiger partial charge is 0.382 e. The van der Waals surface area contributed by atoms with Gasteiger partial charge in [0.1, 0.15) is 23.3 Å². The number of nitriles is 1. The zero-order chi connectivity index (χ0) is 22.1. The van der Waals surface area contributed by atoms with Crippen molar-refractivity contribution in [2.75, 3.05) is 16.8 Å². The topological polar surface area (TPSA) is 149 Å². The van der Waals surface area contributed by atoms with Gasteiger partial charge in [-0.3, -0.25) is 9.36 Å². The molecule has 10 heteroatoms. The van der Waals surface area contributed by atoms with Gasteiger partial charge in [0, 0.05) is 3.57 Å². The second-order valence-corrected chi connectivity index (χ2v) is 8.02. The number of nitrogen functional groups attached to an aromatic ring is 2. The van der Waals surface area contributed by atoms with Crippen molar-refractivity contribution in [1.29, 1.82) is 5.26 Å². The third-order valence-corrected chi connectivity index (χ3v) is 5.35.